The highest BCUT2D eigenvalue weighted by Gasteiger charge is 2.31. The maximum atomic E-state index is 12.5. The quantitative estimate of drug-likeness (QED) is 0.838. The Morgan fingerprint density at radius 2 is 2.00 bits per heavy atom. The molecule has 1 heterocycles. The number of hydrogen-bond donors (Lipinski definition) is 2. The molecule has 0 bridgehead atoms. The Kier molecular flexibility index (Phi) is 4.78. The summed E-state index contributed by atoms with van der Waals surface area (Å²) in [5.74, 6) is 0.177. The van der Waals surface area contributed by atoms with Gasteiger partial charge in [0.15, 0.2) is 5.69 Å². The molecule has 4 rings (SSSR count). The number of carbonyl (C=O) groups excluding carboxylic acids is 1. The van der Waals surface area contributed by atoms with Crippen LogP contribution in [0.15, 0.2) is 24.3 Å². The lowest BCUT2D eigenvalue weighted by Gasteiger charge is -2.22. The van der Waals surface area contributed by atoms with E-state index in [2.05, 4.69) is 20.7 Å². The molecule has 2 aromatic rings. The minimum absolute atomic E-state index is 0.207. The topological polar surface area (TPSA) is 79.9 Å². The molecule has 0 saturated heterocycles. The van der Waals surface area contributed by atoms with Gasteiger partial charge in [0.05, 0.1) is 18.4 Å². The summed E-state index contributed by atoms with van der Waals surface area (Å²) < 4.78 is 6.02. The predicted molar refractivity (Wildman–Crippen MR) is 94.4 cm³/mol. The first-order chi connectivity index (χ1) is 12.3. The van der Waals surface area contributed by atoms with Gasteiger partial charge in [-0.05, 0) is 43.4 Å². The lowest BCUT2D eigenvalue weighted by Crippen LogP contribution is -2.16. The molecule has 0 atom stereocenters. The van der Waals surface area contributed by atoms with E-state index in [1.165, 1.54) is 19.3 Å². The molecule has 6 nitrogen and oxygen atoms in total. The maximum Gasteiger partial charge on any atom is 0.278 e. The average molecular weight is 340 g/mol. The van der Waals surface area contributed by atoms with Crippen molar-refractivity contribution in [1.29, 1.82) is 0 Å². The molecule has 1 aromatic heterocycles. The number of amides is 1. The van der Waals surface area contributed by atoms with Gasteiger partial charge in [-0.3, -0.25) is 4.79 Å². The number of anilines is 1. The van der Waals surface area contributed by atoms with Crippen molar-refractivity contribution in [2.45, 2.75) is 63.6 Å². The van der Waals surface area contributed by atoms with Crippen LogP contribution in [0, 0.1) is 0 Å². The number of nitrogens with one attached hydrogen (secondary N) is 2. The normalized spacial score (nSPS) is 18.2. The van der Waals surface area contributed by atoms with E-state index in [1.54, 1.807) is 0 Å². The monoisotopic (exact) mass is 340 g/mol. The molecule has 25 heavy (non-hydrogen) atoms. The zero-order valence-corrected chi connectivity index (χ0v) is 14.3. The van der Waals surface area contributed by atoms with Crippen LogP contribution in [0.5, 0.6) is 0 Å². The molecule has 2 saturated carbocycles. The summed E-state index contributed by atoms with van der Waals surface area (Å²) in [7, 11) is 0. The first-order valence-electron chi connectivity index (χ1n) is 9.22. The lowest BCUT2D eigenvalue weighted by atomic mass is 9.98. The van der Waals surface area contributed by atoms with E-state index in [1.807, 2.05) is 24.3 Å². The summed E-state index contributed by atoms with van der Waals surface area (Å²) in [4.78, 5) is 12.5. The van der Waals surface area contributed by atoms with Gasteiger partial charge >= 0.3 is 0 Å². The molecule has 0 spiro atoms. The van der Waals surface area contributed by atoms with Crippen molar-refractivity contribution >= 4 is 11.6 Å². The van der Waals surface area contributed by atoms with Crippen LogP contribution in [0.1, 0.15) is 72.6 Å². The molecule has 2 aliphatic rings. The molecular weight excluding hydrogens is 316 g/mol. The second-order valence-electron chi connectivity index (χ2n) is 7.06. The summed E-state index contributed by atoms with van der Waals surface area (Å²) >= 11 is 0. The third-order valence-electron chi connectivity index (χ3n) is 4.98. The largest absolute Gasteiger partial charge is 0.374 e. The Balaban J connectivity index is 1.37. The summed E-state index contributed by atoms with van der Waals surface area (Å²) in [5.41, 5.74) is 3.03. The van der Waals surface area contributed by atoms with Crippen LogP contribution >= 0.6 is 0 Å². The third kappa shape index (κ3) is 4.07. The van der Waals surface area contributed by atoms with Crippen LogP contribution in [0.2, 0.25) is 0 Å². The number of aromatic nitrogens is 3. The summed E-state index contributed by atoms with van der Waals surface area (Å²) in [5, 5.41) is 13.6. The fourth-order valence-corrected chi connectivity index (χ4v) is 3.42. The smallest absolute Gasteiger partial charge is 0.278 e. The number of rotatable bonds is 6. The Hall–Kier alpha value is -2.21. The Labute approximate surface area is 147 Å². The van der Waals surface area contributed by atoms with E-state index >= 15 is 0 Å². The van der Waals surface area contributed by atoms with Gasteiger partial charge in [-0.25, -0.2) is 0 Å². The molecule has 0 radical (unpaired) electrons. The predicted octanol–water partition coefficient (Wildman–Crippen LogP) is 3.78. The minimum Gasteiger partial charge on any atom is -0.374 e. The zero-order chi connectivity index (χ0) is 17.1. The second kappa shape index (κ2) is 7.35. The lowest BCUT2D eigenvalue weighted by molar-refractivity contribution is 0.0169. The molecule has 6 heteroatoms. The van der Waals surface area contributed by atoms with Crippen molar-refractivity contribution in [1.82, 2.24) is 15.4 Å². The van der Waals surface area contributed by atoms with Crippen molar-refractivity contribution in [3.05, 3.63) is 41.2 Å². The van der Waals surface area contributed by atoms with Gasteiger partial charge in [-0.2, -0.15) is 15.4 Å². The highest BCUT2D eigenvalue weighted by molar-refractivity contribution is 6.03. The maximum absolute atomic E-state index is 12.5. The molecule has 0 aliphatic heterocycles. The van der Waals surface area contributed by atoms with Crippen molar-refractivity contribution in [2.75, 3.05) is 5.32 Å². The van der Waals surface area contributed by atoms with Crippen LogP contribution < -0.4 is 5.32 Å². The van der Waals surface area contributed by atoms with Crippen molar-refractivity contribution < 1.29 is 9.53 Å². The fraction of sp³-hybridized carbons (Fsp3) is 0.526. The number of carbonyl (C=O) groups is 1. The van der Waals surface area contributed by atoms with Gasteiger partial charge in [0, 0.05) is 11.6 Å². The number of nitrogens with zero attached hydrogens (tertiary/aromatic N) is 2. The zero-order valence-electron chi connectivity index (χ0n) is 14.3. The summed E-state index contributed by atoms with van der Waals surface area (Å²) in [6, 6.07) is 7.83. The standard InChI is InChI=1S/C19H24N4O2/c24-19(18-17(14-9-10-14)21-23-22-18)20-15-6-4-5-13(11-15)12-25-16-7-2-1-3-8-16/h4-6,11,14,16H,1-3,7-10,12H2,(H,20,24)(H,21,22,23). The molecule has 2 aliphatic carbocycles. The Morgan fingerprint density at radius 1 is 1.16 bits per heavy atom. The Morgan fingerprint density at radius 3 is 2.80 bits per heavy atom. The van der Waals surface area contributed by atoms with Gasteiger partial charge in [-0.1, -0.05) is 31.4 Å². The molecule has 132 valence electrons. The second-order valence-corrected chi connectivity index (χ2v) is 7.06. The van der Waals surface area contributed by atoms with E-state index in [0.717, 1.165) is 42.6 Å². The Bertz CT molecular complexity index is 733. The van der Waals surface area contributed by atoms with E-state index in [4.69, 9.17) is 4.74 Å². The summed E-state index contributed by atoms with van der Waals surface area (Å²) in [6.07, 6.45) is 8.72. The molecule has 2 N–H and O–H groups in total. The van der Waals surface area contributed by atoms with Crippen LogP contribution in [0.25, 0.3) is 0 Å². The number of benzene rings is 1. The van der Waals surface area contributed by atoms with Gasteiger partial charge in [0.25, 0.3) is 5.91 Å². The number of hydrogen-bond acceptors (Lipinski definition) is 4. The minimum atomic E-state index is -0.207. The van der Waals surface area contributed by atoms with Crippen molar-refractivity contribution in [2.24, 2.45) is 0 Å². The first kappa shape index (κ1) is 16.3. The molecule has 2 fully saturated rings. The van der Waals surface area contributed by atoms with Gasteiger partial charge in [0.1, 0.15) is 0 Å². The molecule has 0 unspecified atom stereocenters. The van der Waals surface area contributed by atoms with E-state index in [0.29, 0.717) is 24.3 Å². The highest BCUT2D eigenvalue weighted by Crippen LogP contribution is 2.40. The third-order valence-corrected chi connectivity index (χ3v) is 4.98. The van der Waals surface area contributed by atoms with E-state index < -0.39 is 0 Å². The van der Waals surface area contributed by atoms with Crippen molar-refractivity contribution in [3.8, 4) is 0 Å². The van der Waals surface area contributed by atoms with Crippen molar-refractivity contribution in [3.63, 3.8) is 0 Å². The molecular formula is C19H24N4O2. The first-order valence-corrected chi connectivity index (χ1v) is 9.22. The number of H-pyrrole nitrogens is 1. The molecule has 1 amide bonds. The summed E-state index contributed by atoms with van der Waals surface area (Å²) in [6.45, 7) is 0.589. The number of ether oxygens (including phenoxy) is 1. The van der Waals surface area contributed by atoms with E-state index in [-0.39, 0.29) is 5.91 Å². The fourth-order valence-electron chi connectivity index (χ4n) is 3.42. The van der Waals surface area contributed by atoms with Crippen LogP contribution in [-0.2, 0) is 11.3 Å². The van der Waals surface area contributed by atoms with Gasteiger partial charge < -0.3 is 10.1 Å². The van der Waals surface area contributed by atoms with Gasteiger partial charge in [0.2, 0.25) is 0 Å². The van der Waals surface area contributed by atoms with Crippen LogP contribution in [-0.4, -0.2) is 27.4 Å². The average Bonchev–Trinajstić information content (AvgIpc) is 3.37. The van der Waals surface area contributed by atoms with Crippen LogP contribution in [0.4, 0.5) is 5.69 Å². The van der Waals surface area contributed by atoms with Gasteiger partial charge in [-0.15, -0.1) is 0 Å². The number of aromatic amines is 1. The molecule has 1 aromatic carbocycles. The SMILES string of the molecule is O=C(Nc1cccc(COC2CCCCC2)c1)c1n[nH]nc1C1CC1. The van der Waals surface area contributed by atoms with Crippen LogP contribution in [0.3, 0.4) is 0 Å². The van der Waals surface area contributed by atoms with E-state index in [9.17, 15) is 4.79 Å². The highest BCUT2D eigenvalue weighted by atomic mass is 16.5.